The average molecular weight is 386 g/mol. The van der Waals surface area contributed by atoms with Gasteiger partial charge in [-0.25, -0.2) is 4.98 Å². The Labute approximate surface area is 166 Å². The van der Waals surface area contributed by atoms with Crippen LogP contribution in [-0.4, -0.2) is 34.8 Å². The van der Waals surface area contributed by atoms with Crippen LogP contribution in [0.4, 0.5) is 11.8 Å². The molecule has 6 nitrogen and oxygen atoms in total. The van der Waals surface area contributed by atoms with E-state index in [1.807, 2.05) is 37.3 Å². The van der Waals surface area contributed by atoms with Gasteiger partial charge in [-0.05, 0) is 63.0 Å². The topological polar surface area (TPSA) is 62.3 Å². The Morgan fingerprint density at radius 2 is 2.04 bits per heavy atom. The number of piperidine rings is 1. The van der Waals surface area contributed by atoms with E-state index in [1.165, 1.54) is 19.3 Å². The Balaban J connectivity index is 1.61. The summed E-state index contributed by atoms with van der Waals surface area (Å²) in [6.07, 6.45) is 3.69. The van der Waals surface area contributed by atoms with Crippen LogP contribution in [0.5, 0.6) is 5.75 Å². The summed E-state index contributed by atoms with van der Waals surface area (Å²) >= 11 is 5.41. The van der Waals surface area contributed by atoms with Gasteiger partial charge in [0.2, 0.25) is 5.95 Å². The normalized spacial score (nSPS) is 16.7. The first-order chi connectivity index (χ1) is 13.0. The first-order valence-electron chi connectivity index (χ1n) is 9.35. The Morgan fingerprint density at radius 1 is 1.26 bits per heavy atom. The summed E-state index contributed by atoms with van der Waals surface area (Å²) in [5.41, 5.74) is 2.05. The third-order valence-corrected chi connectivity index (χ3v) is 5.02. The van der Waals surface area contributed by atoms with E-state index < -0.39 is 0 Å². The molecule has 0 aliphatic carbocycles. The van der Waals surface area contributed by atoms with E-state index in [1.54, 1.807) is 7.11 Å². The minimum absolute atomic E-state index is 0.501. The number of benzene rings is 1. The van der Waals surface area contributed by atoms with Crippen molar-refractivity contribution in [1.82, 2.24) is 15.3 Å². The van der Waals surface area contributed by atoms with Gasteiger partial charge in [0.05, 0.1) is 7.11 Å². The number of aryl methyl sites for hydroxylation is 1. The molecule has 2 aromatic rings. The van der Waals surface area contributed by atoms with Crippen molar-refractivity contribution in [3.05, 3.63) is 41.6 Å². The van der Waals surface area contributed by atoms with Crippen molar-refractivity contribution in [2.45, 2.75) is 45.7 Å². The summed E-state index contributed by atoms with van der Waals surface area (Å²) < 4.78 is 5.17. The highest BCUT2D eigenvalue weighted by Crippen LogP contribution is 2.24. The van der Waals surface area contributed by atoms with Gasteiger partial charge in [0, 0.05) is 30.9 Å². The molecule has 1 aliphatic heterocycles. The van der Waals surface area contributed by atoms with Gasteiger partial charge in [0.25, 0.3) is 0 Å². The van der Waals surface area contributed by atoms with Crippen molar-refractivity contribution in [1.29, 1.82) is 0 Å². The molecule has 1 aromatic heterocycles. The fraction of sp³-hybridized carbons (Fsp3) is 0.450. The molecule has 0 unspecified atom stereocenters. The monoisotopic (exact) mass is 385 g/mol. The average Bonchev–Trinajstić information content (AvgIpc) is 2.66. The quantitative estimate of drug-likeness (QED) is 0.762. The van der Waals surface area contributed by atoms with Gasteiger partial charge in [-0.1, -0.05) is 12.1 Å². The van der Waals surface area contributed by atoms with Crippen LogP contribution in [0.3, 0.4) is 0 Å². The summed E-state index contributed by atoms with van der Waals surface area (Å²) in [4.78, 5) is 11.5. The molecule has 1 saturated heterocycles. The van der Waals surface area contributed by atoms with Crippen molar-refractivity contribution in [3.63, 3.8) is 0 Å². The number of ether oxygens (including phenoxy) is 1. The third-order valence-electron chi connectivity index (χ3n) is 4.78. The Hall–Kier alpha value is -2.41. The van der Waals surface area contributed by atoms with E-state index in [0.717, 1.165) is 29.4 Å². The number of anilines is 2. The minimum Gasteiger partial charge on any atom is -0.497 e. The highest BCUT2D eigenvalue weighted by Gasteiger charge is 2.20. The van der Waals surface area contributed by atoms with E-state index in [9.17, 15) is 0 Å². The second-order valence-corrected chi connectivity index (χ2v) is 7.29. The van der Waals surface area contributed by atoms with Crippen LogP contribution >= 0.6 is 12.2 Å². The zero-order valence-corrected chi connectivity index (χ0v) is 17.0. The number of thiocarbonyl (C=S) groups is 1. The lowest BCUT2D eigenvalue weighted by molar-refractivity contribution is 0.414. The van der Waals surface area contributed by atoms with Gasteiger partial charge < -0.3 is 20.3 Å². The molecule has 1 aliphatic rings. The fourth-order valence-corrected chi connectivity index (χ4v) is 3.43. The maximum absolute atomic E-state index is 5.41. The second kappa shape index (κ2) is 8.99. The van der Waals surface area contributed by atoms with Crippen LogP contribution in [-0.2, 0) is 6.54 Å². The molecule has 2 heterocycles. The van der Waals surface area contributed by atoms with E-state index in [2.05, 4.69) is 32.4 Å². The number of aromatic nitrogens is 2. The molecule has 3 rings (SSSR count). The van der Waals surface area contributed by atoms with Crippen molar-refractivity contribution in [2.24, 2.45) is 0 Å². The van der Waals surface area contributed by atoms with Crippen molar-refractivity contribution >= 4 is 29.1 Å². The summed E-state index contributed by atoms with van der Waals surface area (Å²) in [6.45, 7) is 5.90. The molecule has 0 spiro atoms. The number of methoxy groups -OCH3 is 1. The van der Waals surface area contributed by atoms with E-state index in [-0.39, 0.29) is 0 Å². The van der Waals surface area contributed by atoms with Crippen LogP contribution in [0.1, 0.15) is 37.4 Å². The van der Waals surface area contributed by atoms with Crippen LogP contribution in [0.2, 0.25) is 0 Å². The number of hydrogen-bond acceptors (Lipinski definition) is 5. The molecular formula is C20H27N5OS. The first kappa shape index (κ1) is 19.4. The van der Waals surface area contributed by atoms with Gasteiger partial charge in [-0.2, -0.15) is 4.98 Å². The highest BCUT2D eigenvalue weighted by atomic mass is 32.1. The maximum Gasteiger partial charge on any atom is 0.231 e. The second-order valence-electron chi connectivity index (χ2n) is 6.89. The number of rotatable bonds is 5. The summed E-state index contributed by atoms with van der Waals surface area (Å²) in [5.74, 6) is 2.34. The van der Waals surface area contributed by atoms with Crippen LogP contribution < -0.4 is 20.3 Å². The Morgan fingerprint density at radius 3 is 2.74 bits per heavy atom. The van der Waals surface area contributed by atoms with E-state index in [0.29, 0.717) is 23.6 Å². The molecule has 1 atom stereocenters. The predicted molar refractivity (Wildman–Crippen MR) is 113 cm³/mol. The third kappa shape index (κ3) is 5.29. The van der Waals surface area contributed by atoms with Crippen molar-refractivity contribution < 1.29 is 4.74 Å². The van der Waals surface area contributed by atoms with Crippen molar-refractivity contribution in [2.75, 3.05) is 23.9 Å². The maximum atomic E-state index is 5.41. The molecular weight excluding hydrogens is 358 g/mol. The van der Waals surface area contributed by atoms with Gasteiger partial charge in [-0.3, -0.25) is 0 Å². The van der Waals surface area contributed by atoms with Crippen LogP contribution in [0.15, 0.2) is 30.3 Å². The van der Waals surface area contributed by atoms with Crippen LogP contribution in [0, 0.1) is 6.92 Å². The molecule has 0 bridgehead atoms. The van der Waals surface area contributed by atoms with Crippen molar-refractivity contribution in [3.8, 4) is 5.75 Å². The molecule has 1 fully saturated rings. The summed E-state index contributed by atoms with van der Waals surface area (Å²) in [5, 5.41) is 6.82. The molecule has 0 radical (unpaired) electrons. The minimum atomic E-state index is 0.501. The lowest BCUT2D eigenvalue weighted by atomic mass is 10.0. The molecule has 0 saturated carbocycles. The molecule has 0 amide bonds. The predicted octanol–water partition coefficient (Wildman–Crippen LogP) is 3.66. The van der Waals surface area contributed by atoms with Gasteiger partial charge in [0.1, 0.15) is 11.6 Å². The largest absolute Gasteiger partial charge is 0.497 e. The Kier molecular flexibility index (Phi) is 6.45. The van der Waals surface area contributed by atoms with E-state index in [4.69, 9.17) is 17.0 Å². The Bertz CT molecular complexity index is 780. The molecule has 2 N–H and O–H groups in total. The SMILES string of the molecule is COc1ccc(CNC(=S)Nc2nc(C)cc(N3CCCC[C@@H]3C)n2)cc1. The fourth-order valence-electron chi connectivity index (χ4n) is 3.26. The standard InChI is InChI=1S/C20H27N5OS/c1-14-12-18(25-11-5-4-6-15(25)2)23-19(22-14)24-20(27)21-13-16-7-9-17(26-3)10-8-16/h7-10,12,15H,4-6,11,13H2,1-3H3,(H2,21,22,23,24,27)/t15-/m0/s1. The molecule has 7 heteroatoms. The lowest BCUT2D eigenvalue weighted by Gasteiger charge is -2.34. The van der Waals surface area contributed by atoms with E-state index >= 15 is 0 Å². The van der Waals surface area contributed by atoms with Gasteiger partial charge >= 0.3 is 0 Å². The molecule has 27 heavy (non-hydrogen) atoms. The first-order valence-corrected chi connectivity index (χ1v) is 9.76. The zero-order chi connectivity index (χ0) is 19.2. The smallest absolute Gasteiger partial charge is 0.231 e. The number of nitrogens with zero attached hydrogens (tertiary/aromatic N) is 3. The number of nitrogens with one attached hydrogen (secondary N) is 2. The molecule has 1 aromatic carbocycles. The summed E-state index contributed by atoms with van der Waals surface area (Å²) in [6, 6.07) is 10.4. The highest BCUT2D eigenvalue weighted by molar-refractivity contribution is 7.80. The number of hydrogen-bond donors (Lipinski definition) is 2. The zero-order valence-electron chi connectivity index (χ0n) is 16.2. The van der Waals surface area contributed by atoms with Gasteiger partial charge in [-0.15, -0.1) is 0 Å². The summed E-state index contributed by atoms with van der Waals surface area (Å²) in [7, 11) is 1.66. The van der Waals surface area contributed by atoms with Gasteiger partial charge in [0.15, 0.2) is 5.11 Å². The molecule has 144 valence electrons. The lowest BCUT2D eigenvalue weighted by Crippen LogP contribution is -2.38. The van der Waals surface area contributed by atoms with Crippen LogP contribution in [0.25, 0.3) is 0 Å².